The molecule has 9 heteroatoms. The number of aromatic amines is 1. The molecule has 0 radical (unpaired) electrons. The van der Waals surface area contributed by atoms with Crippen molar-refractivity contribution in [2.75, 3.05) is 17.6 Å². The van der Waals surface area contributed by atoms with Gasteiger partial charge in [0.2, 0.25) is 5.91 Å². The van der Waals surface area contributed by atoms with E-state index in [0.717, 1.165) is 29.4 Å². The highest BCUT2D eigenvalue weighted by Gasteiger charge is 2.34. The number of nitrogens with two attached hydrogens (primary N) is 2. The summed E-state index contributed by atoms with van der Waals surface area (Å²) in [7, 11) is 0. The van der Waals surface area contributed by atoms with Crippen molar-refractivity contribution in [3.63, 3.8) is 0 Å². The number of amides is 2. The number of nitrogen functional groups attached to an aromatic ring is 1. The largest absolute Gasteiger partial charge is 0.381 e. The first-order chi connectivity index (χ1) is 18.6. The summed E-state index contributed by atoms with van der Waals surface area (Å²) in [5, 5.41) is 16.9. The quantitative estimate of drug-likeness (QED) is 0.243. The topological polar surface area (TPSA) is 159 Å². The Hall–Kier alpha value is -3.95. The van der Waals surface area contributed by atoms with Crippen LogP contribution in [0.5, 0.6) is 0 Å². The molecule has 2 aromatic carbocycles. The number of allylic oxidation sites excluding steroid dienone is 2. The van der Waals surface area contributed by atoms with Crippen LogP contribution < -0.4 is 22.1 Å². The van der Waals surface area contributed by atoms with Crippen molar-refractivity contribution in [1.29, 1.82) is 0 Å². The highest BCUT2D eigenvalue weighted by atomic mass is 16.3. The Kier molecular flexibility index (Phi) is 10.0. The molecule has 0 bridgehead atoms. The second-order valence-corrected chi connectivity index (χ2v) is 10.0. The summed E-state index contributed by atoms with van der Waals surface area (Å²) in [5.74, 6) is 0.00367. The smallest absolute Gasteiger partial charge is 0.255 e. The summed E-state index contributed by atoms with van der Waals surface area (Å²) >= 11 is 0. The molecule has 208 valence electrons. The second-order valence-electron chi connectivity index (χ2n) is 10.0. The molecule has 1 heterocycles. The molecular formula is C30H40N6O3. The number of hydrogen-bond acceptors (Lipinski definition) is 6. The number of carbonyl (C=O) groups is 2. The number of aliphatic hydroxyl groups is 1. The summed E-state index contributed by atoms with van der Waals surface area (Å²) in [4.78, 5) is 30.3. The number of nitrogens with zero attached hydrogens (tertiary/aromatic N) is 1. The number of hydrogen-bond donors (Lipinski definition) is 6. The van der Waals surface area contributed by atoms with E-state index in [9.17, 15) is 14.7 Å². The van der Waals surface area contributed by atoms with Gasteiger partial charge in [0.1, 0.15) is 0 Å². The Bertz CT molecular complexity index is 1330. The third-order valence-corrected chi connectivity index (χ3v) is 7.33. The molecule has 9 nitrogen and oxygen atoms in total. The van der Waals surface area contributed by atoms with Crippen LogP contribution in [0.2, 0.25) is 0 Å². The maximum Gasteiger partial charge on any atom is 0.255 e. The normalized spacial score (nSPS) is 18.2. The zero-order valence-electron chi connectivity index (χ0n) is 23.1. The molecule has 3 aromatic rings. The lowest BCUT2D eigenvalue weighted by molar-refractivity contribution is -0.124. The van der Waals surface area contributed by atoms with Crippen LogP contribution in [0.15, 0.2) is 72.3 Å². The number of aromatic nitrogens is 2. The molecule has 0 saturated heterocycles. The van der Waals surface area contributed by atoms with Crippen molar-refractivity contribution < 1.29 is 14.7 Å². The van der Waals surface area contributed by atoms with E-state index >= 15 is 0 Å². The molecule has 3 atom stereocenters. The molecule has 2 amide bonds. The van der Waals surface area contributed by atoms with Gasteiger partial charge in [-0.1, -0.05) is 64.1 Å². The molecule has 39 heavy (non-hydrogen) atoms. The Morgan fingerprint density at radius 1 is 1.15 bits per heavy atom. The Balaban J connectivity index is 0.000000395. The third-order valence-electron chi connectivity index (χ3n) is 7.33. The van der Waals surface area contributed by atoms with E-state index in [1.54, 1.807) is 42.5 Å². The molecule has 3 unspecified atom stereocenters. The van der Waals surface area contributed by atoms with E-state index in [4.69, 9.17) is 11.5 Å². The summed E-state index contributed by atoms with van der Waals surface area (Å²) < 4.78 is 0. The minimum absolute atomic E-state index is 0.134. The minimum Gasteiger partial charge on any atom is -0.381 e. The third kappa shape index (κ3) is 7.34. The SMILES string of the molecule is CCNC(C1=CCC(CC)(C(C)C)C=C1)C(O)C(=O)Nc1ccc2nc(N)[nH]c2c1.NC(=O)c1ccccc1. The summed E-state index contributed by atoms with van der Waals surface area (Å²) in [6.07, 6.45) is 7.21. The van der Waals surface area contributed by atoms with E-state index < -0.39 is 18.1 Å². The monoisotopic (exact) mass is 532 g/mol. The van der Waals surface area contributed by atoms with Gasteiger partial charge in [-0.15, -0.1) is 0 Å². The maximum atomic E-state index is 12.8. The van der Waals surface area contributed by atoms with E-state index in [-0.39, 0.29) is 11.3 Å². The molecule has 0 saturated carbocycles. The van der Waals surface area contributed by atoms with Crippen LogP contribution in [0.25, 0.3) is 11.0 Å². The molecule has 1 aliphatic carbocycles. The molecule has 1 aliphatic rings. The number of primary amides is 1. The second kappa shape index (κ2) is 13.2. The maximum absolute atomic E-state index is 12.8. The highest BCUT2D eigenvalue weighted by molar-refractivity contribution is 5.96. The number of fused-ring (bicyclic) bond motifs is 1. The van der Waals surface area contributed by atoms with Crippen LogP contribution in [-0.2, 0) is 4.79 Å². The average Bonchev–Trinajstić information content (AvgIpc) is 3.31. The van der Waals surface area contributed by atoms with Gasteiger partial charge in [0.25, 0.3) is 5.91 Å². The van der Waals surface area contributed by atoms with E-state index in [1.165, 1.54) is 0 Å². The fraction of sp³-hybridized carbons (Fsp3) is 0.367. The standard InChI is InChI=1S/C23H33N5O2.C7H7NO/c1-5-23(14(3)4)11-9-15(10-12-23)19(25-6-2)20(29)21(30)26-16-7-8-17-18(13-16)28-22(24)27-17;8-7(9)6-4-2-1-3-5-6/h7-11,13-14,19-20,25,29H,5-6,12H2,1-4H3,(H,26,30)(H3,24,27,28);1-5H,(H2,8,9). The molecule has 0 fully saturated rings. The van der Waals surface area contributed by atoms with Gasteiger partial charge in [0.15, 0.2) is 12.1 Å². The fourth-order valence-electron chi connectivity index (χ4n) is 4.74. The van der Waals surface area contributed by atoms with Crippen LogP contribution >= 0.6 is 0 Å². The molecule has 8 N–H and O–H groups in total. The molecule has 4 rings (SSSR count). The van der Waals surface area contributed by atoms with Crippen LogP contribution in [-0.4, -0.2) is 45.6 Å². The molecule has 1 aromatic heterocycles. The van der Waals surface area contributed by atoms with E-state index in [2.05, 4.69) is 59.6 Å². The number of anilines is 2. The van der Waals surface area contributed by atoms with Gasteiger partial charge in [-0.25, -0.2) is 4.98 Å². The van der Waals surface area contributed by atoms with Gasteiger partial charge in [0, 0.05) is 11.3 Å². The first kappa shape index (κ1) is 29.6. The number of rotatable bonds is 9. The van der Waals surface area contributed by atoms with Crippen molar-refractivity contribution in [2.45, 2.75) is 52.7 Å². The number of benzene rings is 2. The van der Waals surface area contributed by atoms with Crippen molar-refractivity contribution in [2.24, 2.45) is 17.1 Å². The number of imidazole rings is 1. The van der Waals surface area contributed by atoms with Gasteiger partial charge in [-0.3, -0.25) is 9.59 Å². The van der Waals surface area contributed by atoms with Gasteiger partial charge < -0.3 is 32.2 Å². The number of aliphatic hydroxyl groups excluding tert-OH is 1. The molecular weight excluding hydrogens is 492 g/mol. The first-order valence-corrected chi connectivity index (χ1v) is 13.3. The van der Waals surface area contributed by atoms with Gasteiger partial charge in [-0.2, -0.15) is 0 Å². The van der Waals surface area contributed by atoms with Crippen LogP contribution in [0, 0.1) is 11.3 Å². The van der Waals surface area contributed by atoms with Crippen molar-refractivity contribution in [3.8, 4) is 0 Å². The van der Waals surface area contributed by atoms with Crippen LogP contribution in [0.4, 0.5) is 11.6 Å². The van der Waals surface area contributed by atoms with E-state index in [1.807, 2.05) is 13.0 Å². The number of carbonyl (C=O) groups excluding carboxylic acids is 2. The molecule has 0 aliphatic heterocycles. The van der Waals surface area contributed by atoms with Crippen LogP contribution in [0.1, 0.15) is 50.9 Å². The predicted molar refractivity (Wildman–Crippen MR) is 157 cm³/mol. The van der Waals surface area contributed by atoms with Crippen molar-refractivity contribution in [1.82, 2.24) is 15.3 Å². The Morgan fingerprint density at radius 2 is 1.87 bits per heavy atom. The lowest BCUT2D eigenvalue weighted by Crippen LogP contribution is -2.48. The zero-order chi connectivity index (χ0) is 28.6. The zero-order valence-corrected chi connectivity index (χ0v) is 23.1. The lowest BCUT2D eigenvalue weighted by atomic mass is 9.69. The molecule has 0 spiro atoms. The van der Waals surface area contributed by atoms with Crippen molar-refractivity contribution in [3.05, 3.63) is 77.9 Å². The Morgan fingerprint density at radius 3 is 2.41 bits per heavy atom. The van der Waals surface area contributed by atoms with E-state index in [0.29, 0.717) is 29.7 Å². The Labute approximate surface area is 229 Å². The summed E-state index contributed by atoms with van der Waals surface area (Å²) in [5.41, 5.74) is 14.3. The predicted octanol–water partition coefficient (Wildman–Crippen LogP) is 4.15. The number of H-pyrrole nitrogens is 1. The summed E-state index contributed by atoms with van der Waals surface area (Å²) in [6, 6.07) is 13.6. The number of likely N-dealkylation sites (N-methyl/N-ethyl adjacent to an activating group) is 1. The van der Waals surface area contributed by atoms with Crippen molar-refractivity contribution >= 4 is 34.5 Å². The first-order valence-electron chi connectivity index (χ1n) is 13.3. The lowest BCUT2D eigenvalue weighted by Gasteiger charge is -2.37. The van der Waals surface area contributed by atoms with Gasteiger partial charge in [-0.05, 0) is 66.6 Å². The highest BCUT2D eigenvalue weighted by Crippen LogP contribution is 2.40. The van der Waals surface area contributed by atoms with Gasteiger partial charge in [0.05, 0.1) is 17.1 Å². The minimum atomic E-state index is -1.23. The average molecular weight is 533 g/mol. The van der Waals surface area contributed by atoms with Gasteiger partial charge >= 0.3 is 0 Å². The fourth-order valence-corrected chi connectivity index (χ4v) is 4.74. The summed E-state index contributed by atoms with van der Waals surface area (Å²) in [6.45, 7) is 9.29. The number of nitrogens with one attached hydrogen (secondary N) is 3. The van der Waals surface area contributed by atoms with Crippen LogP contribution in [0.3, 0.4) is 0 Å².